The Morgan fingerprint density at radius 3 is 2.67 bits per heavy atom. The quantitative estimate of drug-likeness (QED) is 0.543. The molecule has 0 aliphatic carbocycles. The van der Waals surface area contributed by atoms with Crippen molar-refractivity contribution in [1.82, 2.24) is 4.98 Å². The molecular formula is C18H16ClNO. The van der Waals surface area contributed by atoms with E-state index in [1.54, 1.807) is 0 Å². The van der Waals surface area contributed by atoms with Crippen LogP contribution in [0.3, 0.4) is 0 Å². The number of nitrogens with one attached hydrogen (secondary N) is 1. The van der Waals surface area contributed by atoms with E-state index in [9.17, 15) is 4.79 Å². The van der Waals surface area contributed by atoms with Gasteiger partial charge in [0.1, 0.15) is 0 Å². The molecule has 3 heteroatoms. The predicted octanol–water partition coefficient (Wildman–Crippen LogP) is 4.87. The third-order valence-corrected chi connectivity index (χ3v) is 4.01. The van der Waals surface area contributed by atoms with Crippen LogP contribution in [-0.4, -0.2) is 16.6 Å². The van der Waals surface area contributed by atoms with Crippen LogP contribution in [0.1, 0.15) is 21.5 Å². The average molecular weight is 298 g/mol. The number of aromatic amines is 1. The first-order valence-electron chi connectivity index (χ1n) is 6.89. The van der Waals surface area contributed by atoms with E-state index in [1.165, 1.54) is 5.56 Å². The lowest BCUT2D eigenvalue weighted by Gasteiger charge is -2.08. The van der Waals surface area contributed by atoms with Gasteiger partial charge < -0.3 is 4.98 Å². The van der Waals surface area contributed by atoms with E-state index in [1.807, 2.05) is 24.3 Å². The van der Waals surface area contributed by atoms with Gasteiger partial charge in [0, 0.05) is 16.5 Å². The highest BCUT2D eigenvalue weighted by atomic mass is 35.5. The number of rotatable bonds is 3. The number of Topliss-reactive ketones (excluding diaryl/α,β-unsaturated/α-hetero) is 1. The molecule has 1 N–H and O–H groups in total. The van der Waals surface area contributed by atoms with Gasteiger partial charge in [-0.15, -0.1) is 11.6 Å². The van der Waals surface area contributed by atoms with E-state index in [0.717, 1.165) is 27.7 Å². The van der Waals surface area contributed by atoms with Crippen molar-refractivity contribution in [2.24, 2.45) is 0 Å². The lowest BCUT2D eigenvalue weighted by molar-refractivity contribution is 0.102. The van der Waals surface area contributed by atoms with Crippen LogP contribution in [-0.2, 0) is 0 Å². The molecule has 0 aliphatic rings. The number of halogens is 1. The number of aryl methyl sites for hydroxylation is 2. The molecule has 21 heavy (non-hydrogen) atoms. The summed E-state index contributed by atoms with van der Waals surface area (Å²) in [4.78, 5) is 15.7. The van der Waals surface area contributed by atoms with Crippen molar-refractivity contribution in [3.63, 3.8) is 0 Å². The number of benzene rings is 2. The van der Waals surface area contributed by atoms with Gasteiger partial charge in [-0.05, 0) is 31.5 Å². The summed E-state index contributed by atoms with van der Waals surface area (Å²) in [5, 5.41) is 0.930. The SMILES string of the molecule is Cc1ccc(C)c(-c2[nH]c3ccccc3c2C(=O)CCl)c1. The van der Waals surface area contributed by atoms with Gasteiger partial charge in [0.15, 0.2) is 5.78 Å². The Balaban J connectivity index is 2.36. The van der Waals surface area contributed by atoms with E-state index in [2.05, 4.69) is 37.0 Å². The summed E-state index contributed by atoms with van der Waals surface area (Å²) >= 11 is 5.81. The smallest absolute Gasteiger partial charge is 0.180 e. The molecule has 0 atom stereocenters. The Kier molecular flexibility index (Phi) is 3.56. The Hall–Kier alpha value is -2.06. The van der Waals surface area contributed by atoms with E-state index in [4.69, 9.17) is 11.6 Å². The van der Waals surface area contributed by atoms with Crippen molar-refractivity contribution in [3.05, 3.63) is 59.2 Å². The van der Waals surface area contributed by atoms with Crippen LogP contribution in [0.25, 0.3) is 22.2 Å². The number of H-pyrrole nitrogens is 1. The number of ketones is 1. The Bertz CT molecular complexity index is 832. The molecule has 0 unspecified atom stereocenters. The Morgan fingerprint density at radius 2 is 1.90 bits per heavy atom. The van der Waals surface area contributed by atoms with Gasteiger partial charge in [-0.2, -0.15) is 0 Å². The topological polar surface area (TPSA) is 32.9 Å². The molecule has 0 bridgehead atoms. The fourth-order valence-electron chi connectivity index (χ4n) is 2.71. The second-order valence-corrected chi connectivity index (χ2v) is 5.56. The molecular weight excluding hydrogens is 282 g/mol. The van der Waals surface area contributed by atoms with Crippen LogP contribution >= 0.6 is 11.6 Å². The second kappa shape index (κ2) is 5.38. The number of fused-ring (bicyclic) bond motifs is 1. The number of carbonyl (C=O) groups is 1. The molecule has 2 nitrogen and oxygen atoms in total. The van der Waals surface area contributed by atoms with Crippen LogP contribution in [0, 0.1) is 13.8 Å². The molecule has 0 radical (unpaired) electrons. The molecule has 0 fully saturated rings. The number of hydrogen-bond acceptors (Lipinski definition) is 1. The average Bonchev–Trinajstić information content (AvgIpc) is 2.88. The standard InChI is InChI=1S/C18H16ClNO/c1-11-7-8-12(2)14(9-11)18-17(16(21)10-19)13-5-3-4-6-15(13)20-18/h3-9,20H,10H2,1-2H3. The lowest BCUT2D eigenvalue weighted by Crippen LogP contribution is -2.02. The minimum Gasteiger partial charge on any atom is -0.354 e. The van der Waals surface area contributed by atoms with Crippen LogP contribution in [0.5, 0.6) is 0 Å². The lowest BCUT2D eigenvalue weighted by atomic mass is 9.97. The van der Waals surface area contributed by atoms with Gasteiger partial charge >= 0.3 is 0 Å². The first-order chi connectivity index (χ1) is 10.1. The molecule has 0 spiro atoms. The maximum Gasteiger partial charge on any atom is 0.180 e. The van der Waals surface area contributed by atoms with Gasteiger partial charge in [-0.25, -0.2) is 0 Å². The number of alkyl halides is 1. The largest absolute Gasteiger partial charge is 0.354 e. The number of hydrogen-bond donors (Lipinski definition) is 1. The van der Waals surface area contributed by atoms with Crippen molar-refractivity contribution in [2.75, 3.05) is 5.88 Å². The summed E-state index contributed by atoms with van der Waals surface area (Å²) in [6, 6.07) is 14.1. The highest BCUT2D eigenvalue weighted by molar-refractivity contribution is 6.33. The minimum absolute atomic E-state index is 0.0142. The molecule has 1 heterocycles. The maximum absolute atomic E-state index is 12.3. The predicted molar refractivity (Wildman–Crippen MR) is 88.3 cm³/mol. The van der Waals surface area contributed by atoms with E-state index < -0.39 is 0 Å². The van der Waals surface area contributed by atoms with Gasteiger partial charge in [0.2, 0.25) is 0 Å². The molecule has 106 valence electrons. The van der Waals surface area contributed by atoms with Crippen LogP contribution in [0.15, 0.2) is 42.5 Å². The molecule has 0 amide bonds. The molecule has 0 saturated carbocycles. The summed E-state index contributed by atoms with van der Waals surface area (Å²) in [7, 11) is 0. The third kappa shape index (κ3) is 2.36. The summed E-state index contributed by atoms with van der Waals surface area (Å²) < 4.78 is 0. The second-order valence-electron chi connectivity index (χ2n) is 5.30. The van der Waals surface area contributed by atoms with Crippen molar-refractivity contribution in [3.8, 4) is 11.3 Å². The molecule has 0 saturated heterocycles. The summed E-state index contributed by atoms with van der Waals surface area (Å²) in [6.45, 7) is 4.10. The zero-order chi connectivity index (χ0) is 15.0. The fourth-order valence-corrected chi connectivity index (χ4v) is 2.84. The molecule has 0 aliphatic heterocycles. The van der Waals surface area contributed by atoms with Crippen LogP contribution in [0.2, 0.25) is 0 Å². The normalized spacial score (nSPS) is 11.0. The molecule has 3 aromatic rings. The van der Waals surface area contributed by atoms with Crippen LogP contribution < -0.4 is 0 Å². The Morgan fingerprint density at radius 1 is 1.14 bits per heavy atom. The molecule has 3 rings (SSSR count). The number of para-hydroxylation sites is 1. The van der Waals surface area contributed by atoms with Crippen molar-refractivity contribution in [2.45, 2.75) is 13.8 Å². The Labute approximate surface area is 128 Å². The summed E-state index contributed by atoms with van der Waals surface area (Å²) in [5.74, 6) is -0.0651. The number of aromatic nitrogens is 1. The first-order valence-corrected chi connectivity index (χ1v) is 7.42. The summed E-state index contributed by atoms with van der Waals surface area (Å²) in [5.41, 5.74) is 5.87. The first kappa shape index (κ1) is 13.9. The zero-order valence-electron chi connectivity index (χ0n) is 12.0. The summed E-state index contributed by atoms with van der Waals surface area (Å²) in [6.07, 6.45) is 0. The molecule has 2 aromatic carbocycles. The van der Waals surface area contributed by atoms with Crippen molar-refractivity contribution >= 4 is 28.3 Å². The van der Waals surface area contributed by atoms with E-state index in [0.29, 0.717) is 5.56 Å². The monoisotopic (exact) mass is 297 g/mol. The fraction of sp³-hybridized carbons (Fsp3) is 0.167. The maximum atomic E-state index is 12.3. The van der Waals surface area contributed by atoms with Crippen LogP contribution in [0.4, 0.5) is 0 Å². The van der Waals surface area contributed by atoms with Gasteiger partial charge in [-0.1, -0.05) is 35.9 Å². The third-order valence-electron chi connectivity index (χ3n) is 3.77. The van der Waals surface area contributed by atoms with Gasteiger partial charge in [0.25, 0.3) is 0 Å². The van der Waals surface area contributed by atoms with Gasteiger partial charge in [-0.3, -0.25) is 4.79 Å². The van der Waals surface area contributed by atoms with Gasteiger partial charge in [0.05, 0.1) is 17.1 Å². The van der Waals surface area contributed by atoms with Crippen molar-refractivity contribution < 1.29 is 4.79 Å². The minimum atomic E-state index is -0.0509. The number of carbonyl (C=O) groups excluding carboxylic acids is 1. The van der Waals surface area contributed by atoms with E-state index in [-0.39, 0.29) is 11.7 Å². The molecule has 1 aromatic heterocycles. The van der Waals surface area contributed by atoms with Crippen molar-refractivity contribution in [1.29, 1.82) is 0 Å². The highest BCUT2D eigenvalue weighted by Crippen LogP contribution is 2.33. The highest BCUT2D eigenvalue weighted by Gasteiger charge is 2.19. The zero-order valence-corrected chi connectivity index (χ0v) is 12.8. The van der Waals surface area contributed by atoms with E-state index >= 15 is 0 Å².